The number of nitrogens with zero attached hydrogens (tertiary/aromatic N) is 1. The number of hydrogen-bond acceptors (Lipinski definition) is 3. The fourth-order valence-electron chi connectivity index (χ4n) is 1.35. The number of pyridine rings is 1. The number of aromatic nitrogens is 1. The number of amides is 2. The van der Waals surface area contributed by atoms with Crippen molar-refractivity contribution < 1.29 is 9.59 Å². The van der Waals surface area contributed by atoms with Crippen molar-refractivity contribution in [3.63, 3.8) is 0 Å². The lowest BCUT2D eigenvalue weighted by molar-refractivity contribution is -0.129. The molecule has 1 aromatic heterocycles. The van der Waals surface area contributed by atoms with E-state index in [1.807, 2.05) is 6.07 Å². The van der Waals surface area contributed by atoms with Crippen LogP contribution in [-0.4, -0.2) is 22.8 Å². The van der Waals surface area contributed by atoms with Gasteiger partial charge >= 0.3 is 0 Å². The minimum Gasteiger partial charge on any atom is -0.368 e. The summed E-state index contributed by atoms with van der Waals surface area (Å²) in [5.41, 5.74) is 6.12. The highest BCUT2D eigenvalue weighted by Gasteiger charge is 2.21. The van der Waals surface area contributed by atoms with Crippen molar-refractivity contribution in [3.05, 3.63) is 28.5 Å². The maximum Gasteiger partial charge on any atom is 0.240 e. The Labute approximate surface area is 114 Å². The van der Waals surface area contributed by atoms with Gasteiger partial charge in [0.2, 0.25) is 11.8 Å². The number of carbonyl (C=O) groups excluding carboxylic acids is 2. The van der Waals surface area contributed by atoms with Crippen molar-refractivity contribution in [2.75, 3.05) is 0 Å². The van der Waals surface area contributed by atoms with E-state index in [9.17, 15) is 9.59 Å². The molecule has 2 amide bonds. The van der Waals surface area contributed by atoms with Crippen LogP contribution in [0, 0.1) is 5.92 Å². The third kappa shape index (κ3) is 4.10. The van der Waals surface area contributed by atoms with E-state index in [2.05, 4.69) is 26.2 Å². The molecule has 1 atom stereocenters. The van der Waals surface area contributed by atoms with Crippen molar-refractivity contribution in [1.82, 2.24) is 10.3 Å². The third-order valence-corrected chi connectivity index (χ3v) is 3.16. The number of carbonyl (C=O) groups is 2. The second kappa shape index (κ2) is 6.49. The largest absolute Gasteiger partial charge is 0.368 e. The first kappa shape index (κ1) is 14.6. The zero-order valence-electron chi connectivity index (χ0n) is 10.3. The van der Waals surface area contributed by atoms with Crippen LogP contribution in [0.4, 0.5) is 0 Å². The standard InChI is InChI=1S/C12H16BrN3O2/c1-7(2)12(18)16-9(11(14)17)6-8-4-3-5-15-10(8)13/h3-5,7,9H,6H2,1-2H3,(H2,14,17)(H,16,18)/t9-/m1/s1. The van der Waals surface area contributed by atoms with Gasteiger partial charge in [0.25, 0.3) is 0 Å². The molecule has 1 heterocycles. The van der Waals surface area contributed by atoms with Crippen LogP contribution in [0.2, 0.25) is 0 Å². The summed E-state index contributed by atoms with van der Waals surface area (Å²) in [5, 5.41) is 2.63. The lowest BCUT2D eigenvalue weighted by Crippen LogP contribution is -2.47. The van der Waals surface area contributed by atoms with E-state index in [1.165, 1.54) is 0 Å². The first-order valence-electron chi connectivity index (χ1n) is 5.61. The van der Waals surface area contributed by atoms with E-state index in [-0.39, 0.29) is 11.8 Å². The maximum absolute atomic E-state index is 11.6. The van der Waals surface area contributed by atoms with Crippen LogP contribution in [0.5, 0.6) is 0 Å². The fourth-order valence-corrected chi connectivity index (χ4v) is 1.76. The van der Waals surface area contributed by atoms with Gasteiger partial charge in [-0.2, -0.15) is 0 Å². The lowest BCUT2D eigenvalue weighted by Gasteiger charge is -2.17. The Bertz CT molecular complexity index is 449. The van der Waals surface area contributed by atoms with Gasteiger partial charge in [0.15, 0.2) is 0 Å². The molecule has 0 fully saturated rings. The van der Waals surface area contributed by atoms with Gasteiger partial charge in [-0.25, -0.2) is 4.98 Å². The Morgan fingerprint density at radius 3 is 2.67 bits per heavy atom. The highest BCUT2D eigenvalue weighted by molar-refractivity contribution is 9.10. The third-order valence-electron chi connectivity index (χ3n) is 2.44. The molecule has 0 saturated carbocycles. The molecule has 1 rings (SSSR count). The van der Waals surface area contributed by atoms with Crippen molar-refractivity contribution in [2.45, 2.75) is 26.3 Å². The number of rotatable bonds is 5. The zero-order chi connectivity index (χ0) is 13.7. The molecule has 0 saturated heterocycles. The Hall–Kier alpha value is -1.43. The molecule has 3 N–H and O–H groups in total. The molecule has 18 heavy (non-hydrogen) atoms. The molecule has 6 heteroatoms. The first-order chi connectivity index (χ1) is 8.41. The Morgan fingerprint density at radius 2 is 2.17 bits per heavy atom. The molecule has 0 spiro atoms. The van der Waals surface area contributed by atoms with Crippen molar-refractivity contribution in [1.29, 1.82) is 0 Å². The van der Waals surface area contributed by atoms with Crippen LogP contribution in [-0.2, 0) is 16.0 Å². The fraction of sp³-hybridized carbons (Fsp3) is 0.417. The van der Waals surface area contributed by atoms with E-state index < -0.39 is 11.9 Å². The number of nitrogens with one attached hydrogen (secondary N) is 1. The summed E-state index contributed by atoms with van der Waals surface area (Å²) < 4.78 is 0.648. The van der Waals surface area contributed by atoms with Gasteiger partial charge in [0.1, 0.15) is 10.6 Å². The van der Waals surface area contributed by atoms with Crippen LogP contribution in [0.1, 0.15) is 19.4 Å². The van der Waals surface area contributed by atoms with E-state index >= 15 is 0 Å². The van der Waals surface area contributed by atoms with Gasteiger partial charge in [0.05, 0.1) is 0 Å². The summed E-state index contributed by atoms with van der Waals surface area (Å²) in [4.78, 5) is 27.0. The summed E-state index contributed by atoms with van der Waals surface area (Å²) in [5.74, 6) is -0.942. The molecule has 0 aliphatic rings. The highest BCUT2D eigenvalue weighted by Crippen LogP contribution is 2.14. The zero-order valence-corrected chi connectivity index (χ0v) is 11.9. The predicted octanol–water partition coefficient (Wildman–Crippen LogP) is 1.01. The topological polar surface area (TPSA) is 85.1 Å². The quantitative estimate of drug-likeness (QED) is 0.796. The van der Waals surface area contributed by atoms with Gasteiger partial charge < -0.3 is 11.1 Å². The van der Waals surface area contributed by atoms with Gasteiger partial charge in [-0.3, -0.25) is 9.59 Å². The maximum atomic E-state index is 11.6. The molecule has 98 valence electrons. The number of primary amides is 1. The Balaban J connectivity index is 2.79. The number of hydrogen-bond donors (Lipinski definition) is 2. The van der Waals surface area contributed by atoms with Gasteiger partial charge in [0, 0.05) is 18.5 Å². The van der Waals surface area contributed by atoms with Gasteiger partial charge in [-0.1, -0.05) is 19.9 Å². The van der Waals surface area contributed by atoms with Crippen LogP contribution in [0.25, 0.3) is 0 Å². The van der Waals surface area contributed by atoms with Crippen molar-refractivity contribution >= 4 is 27.7 Å². The predicted molar refractivity (Wildman–Crippen MR) is 71.6 cm³/mol. The summed E-state index contributed by atoms with van der Waals surface area (Å²) in [6, 6.07) is 2.87. The van der Waals surface area contributed by atoms with Crippen LogP contribution in [0.15, 0.2) is 22.9 Å². The molecule has 0 aliphatic carbocycles. The lowest BCUT2D eigenvalue weighted by atomic mass is 10.1. The molecular formula is C12H16BrN3O2. The SMILES string of the molecule is CC(C)C(=O)N[C@H](Cc1cccnc1Br)C(N)=O. The Morgan fingerprint density at radius 1 is 1.50 bits per heavy atom. The summed E-state index contributed by atoms with van der Waals surface area (Å²) >= 11 is 3.29. The smallest absolute Gasteiger partial charge is 0.240 e. The first-order valence-corrected chi connectivity index (χ1v) is 6.40. The number of halogens is 1. The minimum absolute atomic E-state index is 0.191. The van der Waals surface area contributed by atoms with E-state index in [4.69, 9.17) is 5.73 Å². The van der Waals surface area contributed by atoms with E-state index in [1.54, 1.807) is 26.1 Å². The van der Waals surface area contributed by atoms with Crippen LogP contribution < -0.4 is 11.1 Å². The Kier molecular flexibility index (Phi) is 5.27. The molecule has 0 aliphatic heterocycles. The normalized spacial score (nSPS) is 12.2. The monoisotopic (exact) mass is 313 g/mol. The molecular weight excluding hydrogens is 298 g/mol. The second-order valence-corrected chi connectivity index (χ2v) is 5.03. The summed E-state index contributed by atoms with van der Waals surface area (Å²) in [6.07, 6.45) is 1.96. The highest BCUT2D eigenvalue weighted by atomic mass is 79.9. The molecule has 1 aromatic rings. The molecule has 5 nitrogen and oxygen atoms in total. The second-order valence-electron chi connectivity index (χ2n) is 4.28. The van der Waals surface area contributed by atoms with Crippen LogP contribution in [0.3, 0.4) is 0 Å². The molecule has 0 bridgehead atoms. The van der Waals surface area contributed by atoms with Crippen molar-refractivity contribution in [2.24, 2.45) is 11.7 Å². The average molecular weight is 314 g/mol. The molecule has 0 aromatic carbocycles. The average Bonchev–Trinajstić information content (AvgIpc) is 2.30. The molecule has 0 unspecified atom stereocenters. The van der Waals surface area contributed by atoms with Crippen LogP contribution >= 0.6 is 15.9 Å². The van der Waals surface area contributed by atoms with E-state index in [0.717, 1.165) is 5.56 Å². The molecule has 0 radical (unpaired) electrons. The van der Waals surface area contributed by atoms with Crippen molar-refractivity contribution in [3.8, 4) is 0 Å². The van der Waals surface area contributed by atoms with Gasteiger partial charge in [-0.15, -0.1) is 0 Å². The summed E-state index contributed by atoms with van der Waals surface area (Å²) in [7, 11) is 0. The van der Waals surface area contributed by atoms with Gasteiger partial charge in [-0.05, 0) is 27.6 Å². The number of nitrogens with two attached hydrogens (primary N) is 1. The minimum atomic E-state index is -0.722. The van der Waals surface area contributed by atoms with E-state index in [0.29, 0.717) is 11.0 Å². The summed E-state index contributed by atoms with van der Waals surface area (Å²) in [6.45, 7) is 3.51.